The lowest BCUT2D eigenvalue weighted by Gasteiger charge is -2.24. The molecule has 9 nitrogen and oxygen atoms in total. The summed E-state index contributed by atoms with van der Waals surface area (Å²) >= 11 is 0. The quantitative estimate of drug-likeness (QED) is 0.345. The second kappa shape index (κ2) is 5.96. The maximum atomic E-state index is 11.7. The van der Waals surface area contributed by atoms with Gasteiger partial charge in [0, 0.05) is 6.54 Å². The van der Waals surface area contributed by atoms with Gasteiger partial charge in [0.15, 0.2) is 0 Å². The topological polar surface area (TPSA) is 151 Å². The number of rotatable bonds is 5. The second-order valence-electron chi connectivity index (χ2n) is 3.81. The van der Waals surface area contributed by atoms with Crippen molar-refractivity contribution in [2.24, 2.45) is 5.73 Å². The number of hydrogen-bond acceptors (Lipinski definition) is 5. The highest BCUT2D eigenvalue weighted by atomic mass is 16.4. The van der Waals surface area contributed by atoms with Crippen molar-refractivity contribution in [2.75, 3.05) is 13.1 Å². The number of carbonyl (C=O) groups excluding carboxylic acids is 3. The molecule has 1 aliphatic rings. The van der Waals surface area contributed by atoms with Crippen LogP contribution in [-0.4, -0.2) is 54.0 Å². The zero-order valence-electron chi connectivity index (χ0n) is 9.43. The number of nitrogens with one attached hydrogen (secondary N) is 3. The predicted octanol–water partition coefficient (Wildman–Crippen LogP) is -3.48. The molecule has 1 saturated heterocycles. The normalized spacial score (nSPS) is 20.7. The number of carboxylic acids is 1. The summed E-state index contributed by atoms with van der Waals surface area (Å²) in [5.74, 6) is -3.02. The van der Waals surface area contributed by atoms with Gasteiger partial charge in [0.1, 0.15) is 12.1 Å². The van der Waals surface area contributed by atoms with Crippen molar-refractivity contribution in [1.82, 2.24) is 16.0 Å². The Balaban J connectivity index is 2.53. The Hall–Kier alpha value is -2.16. The molecule has 1 heterocycles. The van der Waals surface area contributed by atoms with Crippen molar-refractivity contribution < 1.29 is 24.3 Å². The third kappa shape index (κ3) is 4.01. The van der Waals surface area contributed by atoms with Crippen LogP contribution in [0.4, 0.5) is 0 Å². The monoisotopic (exact) mass is 258 g/mol. The molecule has 100 valence electrons. The molecule has 0 radical (unpaired) electrons. The molecule has 0 spiro atoms. The summed E-state index contributed by atoms with van der Waals surface area (Å²) in [4.78, 5) is 43.9. The molecular formula is C9H14N4O5. The van der Waals surface area contributed by atoms with E-state index in [-0.39, 0.29) is 19.0 Å². The molecule has 9 heteroatoms. The molecule has 6 N–H and O–H groups in total. The van der Waals surface area contributed by atoms with Crippen LogP contribution in [0.2, 0.25) is 0 Å². The van der Waals surface area contributed by atoms with Crippen molar-refractivity contribution in [3.63, 3.8) is 0 Å². The van der Waals surface area contributed by atoms with Gasteiger partial charge in [0.2, 0.25) is 17.7 Å². The van der Waals surface area contributed by atoms with E-state index in [4.69, 9.17) is 10.8 Å². The van der Waals surface area contributed by atoms with E-state index in [1.165, 1.54) is 0 Å². The number of amides is 3. The van der Waals surface area contributed by atoms with E-state index in [0.717, 1.165) is 0 Å². The van der Waals surface area contributed by atoms with Crippen LogP contribution in [0.15, 0.2) is 0 Å². The fraction of sp³-hybridized carbons (Fsp3) is 0.556. The fourth-order valence-corrected chi connectivity index (χ4v) is 1.43. The molecular weight excluding hydrogens is 244 g/mol. The molecule has 1 unspecified atom stereocenters. The zero-order valence-corrected chi connectivity index (χ0v) is 9.43. The molecule has 0 bridgehead atoms. The van der Waals surface area contributed by atoms with Crippen LogP contribution in [0.1, 0.15) is 6.42 Å². The number of piperazine rings is 1. The van der Waals surface area contributed by atoms with Crippen LogP contribution in [0.25, 0.3) is 0 Å². The number of nitrogens with two attached hydrogens (primary N) is 1. The van der Waals surface area contributed by atoms with Crippen LogP contribution in [0.5, 0.6) is 0 Å². The van der Waals surface area contributed by atoms with Gasteiger partial charge < -0.3 is 21.5 Å². The largest absolute Gasteiger partial charge is 0.480 e. The Morgan fingerprint density at radius 1 is 1.50 bits per heavy atom. The summed E-state index contributed by atoms with van der Waals surface area (Å²) < 4.78 is 0. The molecule has 0 saturated carbocycles. The Bertz CT molecular complexity index is 373. The van der Waals surface area contributed by atoms with Gasteiger partial charge in [-0.25, -0.2) is 4.79 Å². The number of aliphatic carboxylic acids is 1. The van der Waals surface area contributed by atoms with Crippen LogP contribution >= 0.6 is 0 Å². The average Bonchev–Trinajstić information content (AvgIpc) is 2.28. The third-order valence-electron chi connectivity index (χ3n) is 2.35. The molecule has 1 fully saturated rings. The van der Waals surface area contributed by atoms with Gasteiger partial charge in [0.25, 0.3) is 0 Å². The highest BCUT2D eigenvalue weighted by Gasteiger charge is 2.28. The van der Waals surface area contributed by atoms with E-state index in [0.29, 0.717) is 0 Å². The lowest BCUT2D eigenvalue weighted by Crippen LogP contribution is -2.60. The highest BCUT2D eigenvalue weighted by Crippen LogP contribution is 1.95. The number of carbonyl (C=O) groups is 4. The molecule has 0 aromatic carbocycles. The van der Waals surface area contributed by atoms with Crippen LogP contribution in [0.3, 0.4) is 0 Å². The first-order chi connectivity index (χ1) is 8.40. The zero-order chi connectivity index (χ0) is 13.7. The summed E-state index contributed by atoms with van der Waals surface area (Å²) in [5, 5.41) is 16.1. The summed E-state index contributed by atoms with van der Waals surface area (Å²) in [7, 11) is 0. The van der Waals surface area contributed by atoms with E-state index in [1.54, 1.807) is 0 Å². The van der Waals surface area contributed by atoms with Crippen LogP contribution in [0, 0.1) is 0 Å². The van der Waals surface area contributed by atoms with Crippen LogP contribution in [-0.2, 0) is 19.2 Å². The van der Waals surface area contributed by atoms with Crippen molar-refractivity contribution in [1.29, 1.82) is 0 Å². The predicted molar refractivity (Wildman–Crippen MR) is 58.2 cm³/mol. The second-order valence-corrected chi connectivity index (χ2v) is 3.81. The lowest BCUT2D eigenvalue weighted by atomic mass is 10.1. The van der Waals surface area contributed by atoms with E-state index in [9.17, 15) is 19.2 Å². The molecule has 18 heavy (non-hydrogen) atoms. The Labute approximate surface area is 102 Å². The minimum absolute atomic E-state index is 0.0222. The van der Waals surface area contributed by atoms with Gasteiger partial charge in [-0.05, 0) is 0 Å². The number of carboxylic acid groups (broad SMARTS) is 1. The molecule has 2 atom stereocenters. The van der Waals surface area contributed by atoms with E-state index in [2.05, 4.69) is 16.0 Å². The number of primary amides is 1. The summed E-state index contributed by atoms with van der Waals surface area (Å²) in [5.41, 5.74) is 4.88. The standard InChI is InChI=1S/C9H14N4O5/c10-6(14)1-4(9(17)18)13-8(16)5-2-12-7(15)3-11-5/h4-5,11H,1-3H2,(H2,10,14)(H,12,15)(H,13,16)(H,17,18)/t4-,5?/m1/s1. The first-order valence-corrected chi connectivity index (χ1v) is 5.21. The SMILES string of the molecule is NC(=O)C[C@@H](NC(=O)C1CNC(=O)CN1)C(=O)O. The van der Waals surface area contributed by atoms with E-state index >= 15 is 0 Å². The summed E-state index contributed by atoms with van der Waals surface area (Å²) in [6.07, 6.45) is -0.486. The van der Waals surface area contributed by atoms with Crippen molar-refractivity contribution in [3.05, 3.63) is 0 Å². The highest BCUT2D eigenvalue weighted by molar-refractivity contribution is 5.91. The van der Waals surface area contributed by atoms with Gasteiger partial charge >= 0.3 is 5.97 Å². The molecule has 0 aliphatic carbocycles. The van der Waals surface area contributed by atoms with Gasteiger partial charge in [-0.2, -0.15) is 0 Å². The van der Waals surface area contributed by atoms with Gasteiger partial charge in [-0.15, -0.1) is 0 Å². The lowest BCUT2D eigenvalue weighted by molar-refractivity contribution is -0.143. The molecule has 1 aliphatic heterocycles. The smallest absolute Gasteiger partial charge is 0.326 e. The van der Waals surface area contributed by atoms with Gasteiger partial charge in [-0.1, -0.05) is 0 Å². The molecule has 0 aromatic heterocycles. The average molecular weight is 258 g/mol. The van der Waals surface area contributed by atoms with Crippen molar-refractivity contribution in [2.45, 2.75) is 18.5 Å². The van der Waals surface area contributed by atoms with Crippen molar-refractivity contribution >= 4 is 23.7 Å². The summed E-state index contributed by atoms with van der Waals surface area (Å²) in [6, 6.07) is -2.09. The molecule has 1 rings (SSSR count). The first-order valence-electron chi connectivity index (χ1n) is 5.21. The Morgan fingerprint density at radius 2 is 2.17 bits per heavy atom. The minimum atomic E-state index is -1.37. The van der Waals surface area contributed by atoms with Crippen LogP contribution < -0.4 is 21.7 Å². The molecule has 0 aromatic rings. The minimum Gasteiger partial charge on any atom is -0.480 e. The van der Waals surface area contributed by atoms with E-state index in [1.807, 2.05) is 0 Å². The fourth-order valence-electron chi connectivity index (χ4n) is 1.43. The summed E-state index contributed by atoms with van der Waals surface area (Å²) in [6.45, 7) is 0.0409. The van der Waals surface area contributed by atoms with Gasteiger partial charge in [0.05, 0.1) is 13.0 Å². The third-order valence-corrected chi connectivity index (χ3v) is 2.35. The number of hydrogen-bond donors (Lipinski definition) is 5. The maximum absolute atomic E-state index is 11.7. The first kappa shape index (κ1) is 13.9. The maximum Gasteiger partial charge on any atom is 0.326 e. The Morgan fingerprint density at radius 3 is 2.61 bits per heavy atom. The van der Waals surface area contributed by atoms with Crippen molar-refractivity contribution in [3.8, 4) is 0 Å². The Kier molecular flexibility index (Phi) is 4.60. The van der Waals surface area contributed by atoms with Gasteiger partial charge in [-0.3, -0.25) is 19.7 Å². The van der Waals surface area contributed by atoms with E-state index < -0.39 is 36.3 Å². The molecule has 3 amide bonds.